The Morgan fingerprint density at radius 3 is 2.38 bits per heavy atom. The number of aliphatic hydroxyl groups is 1. The first-order valence-corrected chi connectivity index (χ1v) is 11.2. The van der Waals surface area contributed by atoms with E-state index in [0.29, 0.717) is 22.2 Å². The molecule has 0 aliphatic carbocycles. The molecule has 0 saturated carbocycles. The van der Waals surface area contributed by atoms with Crippen molar-refractivity contribution in [3.05, 3.63) is 64.3 Å². The SMILES string of the molecule is COc1ccc(C(C)C)cc1C(C)(C)CC(O)(Cc1[nH]c2cccc(C)c2c1C#N)C(F)(F)F. The molecule has 3 rings (SSSR count). The predicted molar refractivity (Wildman–Crippen MR) is 127 cm³/mol. The first-order chi connectivity index (χ1) is 15.7. The Bertz CT molecular complexity index is 1240. The van der Waals surface area contributed by atoms with Crippen LogP contribution in [-0.4, -0.2) is 29.0 Å². The third-order valence-corrected chi connectivity index (χ3v) is 6.57. The van der Waals surface area contributed by atoms with E-state index in [4.69, 9.17) is 4.74 Å². The van der Waals surface area contributed by atoms with Gasteiger partial charge in [0.05, 0.1) is 12.7 Å². The highest BCUT2D eigenvalue weighted by Crippen LogP contribution is 2.46. The molecule has 0 aliphatic rings. The summed E-state index contributed by atoms with van der Waals surface area (Å²) in [7, 11) is 1.48. The monoisotopic (exact) mass is 472 g/mol. The van der Waals surface area contributed by atoms with Crippen molar-refractivity contribution in [1.29, 1.82) is 5.26 Å². The van der Waals surface area contributed by atoms with E-state index in [1.54, 1.807) is 45.0 Å². The van der Waals surface area contributed by atoms with Gasteiger partial charge < -0.3 is 14.8 Å². The fourth-order valence-electron chi connectivity index (χ4n) is 4.73. The van der Waals surface area contributed by atoms with Crippen LogP contribution in [-0.2, 0) is 11.8 Å². The molecule has 182 valence electrons. The highest BCUT2D eigenvalue weighted by Gasteiger charge is 2.56. The smallest absolute Gasteiger partial charge is 0.417 e. The van der Waals surface area contributed by atoms with Gasteiger partial charge >= 0.3 is 6.18 Å². The average Bonchev–Trinajstić information content (AvgIpc) is 3.09. The Hall–Kier alpha value is -2.98. The molecule has 34 heavy (non-hydrogen) atoms. The lowest BCUT2D eigenvalue weighted by Crippen LogP contribution is -2.51. The summed E-state index contributed by atoms with van der Waals surface area (Å²) in [5, 5.41) is 21.5. The number of methoxy groups -OCH3 is 1. The third-order valence-electron chi connectivity index (χ3n) is 6.57. The number of H-pyrrole nitrogens is 1. The highest BCUT2D eigenvalue weighted by molar-refractivity contribution is 5.90. The van der Waals surface area contributed by atoms with Gasteiger partial charge in [-0.05, 0) is 47.9 Å². The maximum absolute atomic E-state index is 14.4. The van der Waals surface area contributed by atoms with Crippen LogP contribution in [0.15, 0.2) is 36.4 Å². The maximum Gasteiger partial charge on any atom is 0.417 e. The van der Waals surface area contributed by atoms with E-state index in [1.807, 2.05) is 32.0 Å². The van der Waals surface area contributed by atoms with Gasteiger partial charge in [-0.1, -0.05) is 52.0 Å². The van der Waals surface area contributed by atoms with Crippen molar-refractivity contribution in [2.45, 2.75) is 70.6 Å². The number of nitrogens with zero attached hydrogens (tertiary/aromatic N) is 1. The number of hydrogen-bond acceptors (Lipinski definition) is 3. The van der Waals surface area contributed by atoms with E-state index < -0.39 is 30.0 Å². The van der Waals surface area contributed by atoms with Gasteiger partial charge in [0.2, 0.25) is 0 Å². The van der Waals surface area contributed by atoms with Gasteiger partial charge in [0.25, 0.3) is 0 Å². The Morgan fingerprint density at radius 1 is 1.15 bits per heavy atom. The molecule has 1 atom stereocenters. The fourth-order valence-corrected chi connectivity index (χ4v) is 4.73. The van der Waals surface area contributed by atoms with E-state index in [2.05, 4.69) is 4.98 Å². The number of aromatic amines is 1. The molecule has 7 heteroatoms. The topological polar surface area (TPSA) is 69.0 Å². The second kappa shape index (κ2) is 8.99. The quantitative estimate of drug-likeness (QED) is 0.403. The van der Waals surface area contributed by atoms with E-state index in [1.165, 1.54) is 7.11 Å². The molecular formula is C27H31F3N2O2. The van der Waals surface area contributed by atoms with Crippen LogP contribution in [0, 0.1) is 18.3 Å². The van der Waals surface area contributed by atoms with Gasteiger partial charge in [0.1, 0.15) is 11.8 Å². The van der Waals surface area contributed by atoms with Gasteiger partial charge in [-0.2, -0.15) is 18.4 Å². The van der Waals surface area contributed by atoms with Crippen molar-refractivity contribution in [3.63, 3.8) is 0 Å². The fraction of sp³-hybridized carbons (Fsp3) is 0.444. The molecule has 0 spiro atoms. The first-order valence-electron chi connectivity index (χ1n) is 11.2. The number of fused-ring (bicyclic) bond motifs is 1. The molecule has 0 amide bonds. The van der Waals surface area contributed by atoms with Gasteiger partial charge in [-0.15, -0.1) is 0 Å². The molecule has 0 aliphatic heterocycles. The minimum atomic E-state index is -4.92. The molecule has 2 N–H and O–H groups in total. The molecule has 0 bridgehead atoms. The lowest BCUT2D eigenvalue weighted by molar-refractivity contribution is -0.266. The molecule has 1 aromatic heterocycles. The van der Waals surface area contributed by atoms with Crippen molar-refractivity contribution in [2.75, 3.05) is 7.11 Å². The lowest BCUT2D eigenvalue weighted by atomic mass is 9.72. The Balaban J connectivity index is 2.10. The van der Waals surface area contributed by atoms with Gasteiger partial charge in [0, 0.05) is 28.6 Å². The van der Waals surface area contributed by atoms with Gasteiger partial charge in [0.15, 0.2) is 5.60 Å². The molecule has 0 saturated heterocycles. The van der Waals surface area contributed by atoms with Crippen LogP contribution in [0.3, 0.4) is 0 Å². The molecule has 0 fully saturated rings. The predicted octanol–water partition coefficient (Wildman–Crippen LogP) is 6.68. The third kappa shape index (κ3) is 4.65. The standard InChI is InChI=1S/C27H31F3N2O2/c1-16(2)18-10-11-23(34-6)20(12-18)25(4,5)15-26(33,27(28,29)30)13-22-19(14-31)24-17(3)8-7-9-21(24)32-22/h7-12,16,32-33H,13,15H2,1-6H3. The summed E-state index contributed by atoms with van der Waals surface area (Å²) in [5.41, 5.74) is -1.04. The van der Waals surface area contributed by atoms with Gasteiger partial charge in [-0.3, -0.25) is 0 Å². The van der Waals surface area contributed by atoms with E-state index >= 15 is 0 Å². The minimum absolute atomic E-state index is 0.0744. The maximum atomic E-state index is 14.4. The Labute approximate surface area is 198 Å². The zero-order valence-electron chi connectivity index (χ0n) is 20.4. The van der Waals surface area contributed by atoms with Crippen molar-refractivity contribution in [1.82, 2.24) is 4.98 Å². The normalized spacial score (nSPS) is 14.3. The number of aromatic nitrogens is 1. The summed E-state index contributed by atoms with van der Waals surface area (Å²) in [6, 6.07) is 12.8. The van der Waals surface area contributed by atoms with Crippen molar-refractivity contribution in [2.24, 2.45) is 0 Å². The highest BCUT2D eigenvalue weighted by atomic mass is 19.4. The van der Waals surface area contributed by atoms with Crippen LogP contribution >= 0.6 is 0 Å². The van der Waals surface area contributed by atoms with Crippen molar-refractivity contribution < 1.29 is 23.0 Å². The number of halogens is 3. The number of ether oxygens (including phenoxy) is 1. The van der Waals surface area contributed by atoms with E-state index in [9.17, 15) is 23.5 Å². The summed E-state index contributed by atoms with van der Waals surface area (Å²) >= 11 is 0. The molecule has 3 aromatic rings. The summed E-state index contributed by atoms with van der Waals surface area (Å²) in [5.74, 6) is 0.646. The second-order valence-electron chi connectivity index (χ2n) is 9.97. The number of rotatable bonds is 7. The van der Waals surface area contributed by atoms with Crippen LogP contribution < -0.4 is 4.74 Å². The average molecular weight is 473 g/mol. The van der Waals surface area contributed by atoms with E-state index in [-0.39, 0.29) is 17.2 Å². The number of alkyl halides is 3. The van der Waals surface area contributed by atoms with Crippen LogP contribution in [0.5, 0.6) is 5.75 Å². The number of nitrogens with one attached hydrogen (secondary N) is 1. The van der Waals surface area contributed by atoms with Crippen LogP contribution in [0.4, 0.5) is 13.2 Å². The zero-order chi connectivity index (χ0) is 25.5. The minimum Gasteiger partial charge on any atom is -0.496 e. The van der Waals surface area contributed by atoms with Crippen molar-refractivity contribution >= 4 is 10.9 Å². The Kier molecular flexibility index (Phi) is 6.78. The molecule has 1 heterocycles. The number of aryl methyl sites for hydroxylation is 1. The molecule has 0 radical (unpaired) electrons. The number of nitriles is 1. The second-order valence-corrected chi connectivity index (χ2v) is 9.97. The zero-order valence-corrected chi connectivity index (χ0v) is 20.4. The Morgan fingerprint density at radius 2 is 1.82 bits per heavy atom. The summed E-state index contributed by atoms with van der Waals surface area (Å²) in [6.45, 7) is 9.16. The van der Waals surface area contributed by atoms with Crippen LogP contribution in [0.1, 0.15) is 68.0 Å². The first kappa shape index (κ1) is 25.6. The number of benzene rings is 2. The summed E-state index contributed by atoms with van der Waals surface area (Å²) in [6.07, 6.45) is -6.30. The van der Waals surface area contributed by atoms with Crippen molar-refractivity contribution in [3.8, 4) is 11.8 Å². The lowest BCUT2D eigenvalue weighted by Gasteiger charge is -2.38. The molecular weight excluding hydrogens is 441 g/mol. The molecule has 1 unspecified atom stereocenters. The van der Waals surface area contributed by atoms with Crippen LogP contribution in [0.2, 0.25) is 0 Å². The number of hydrogen-bond donors (Lipinski definition) is 2. The molecule has 2 aromatic carbocycles. The van der Waals surface area contributed by atoms with E-state index in [0.717, 1.165) is 11.1 Å². The summed E-state index contributed by atoms with van der Waals surface area (Å²) < 4.78 is 48.7. The van der Waals surface area contributed by atoms with Crippen LogP contribution in [0.25, 0.3) is 10.9 Å². The largest absolute Gasteiger partial charge is 0.496 e. The summed E-state index contributed by atoms with van der Waals surface area (Å²) in [4.78, 5) is 2.95. The molecule has 4 nitrogen and oxygen atoms in total. The van der Waals surface area contributed by atoms with Gasteiger partial charge in [-0.25, -0.2) is 0 Å².